The molecule has 1 unspecified atom stereocenters. The Labute approximate surface area is 155 Å². The summed E-state index contributed by atoms with van der Waals surface area (Å²) in [4.78, 5) is 13.3. The summed E-state index contributed by atoms with van der Waals surface area (Å²) < 4.78 is 10.9. The van der Waals surface area contributed by atoms with Crippen molar-refractivity contribution in [1.29, 1.82) is 0 Å². The summed E-state index contributed by atoms with van der Waals surface area (Å²) in [6.07, 6.45) is 0.993. The Hall–Kier alpha value is -2.53. The predicted octanol–water partition coefficient (Wildman–Crippen LogP) is 2.31. The second kappa shape index (κ2) is 9.82. The number of hydrogen-bond acceptors (Lipinski definition) is 3. The number of carbonyl (C=O) groups is 1. The SMILES string of the molecule is CCOc1ccc(C[NH+](C)CC(=O)Nc2ccc(CC)cc2)cc1OC. The molecule has 0 saturated carbocycles. The summed E-state index contributed by atoms with van der Waals surface area (Å²) in [7, 11) is 3.64. The summed E-state index contributed by atoms with van der Waals surface area (Å²) in [6.45, 7) is 5.78. The third-order valence-corrected chi connectivity index (χ3v) is 4.14. The minimum atomic E-state index is 0.00431. The van der Waals surface area contributed by atoms with E-state index < -0.39 is 0 Å². The Kier molecular flexibility index (Phi) is 7.48. The van der Waals surface area contributed by atoms with Gasteiger partial charge in [-0.05, 0) is 49.2 Å². The first-order valence-corrected chi connectivity index (χ1v) is 9.05. The first-order chi connectivity index (χ1) is 12.5. The number of methoxy groups -OCH3 is 1. The minimum absolute atomic E-state index is 0.00431. The van der Waals surface area contributed by atoms with Crippen LogP contribution in [-0.4, -0.2) is 33.2 Å². The number of likely N-dealkylation sites (N-methyl/N-ethyl adjacent to an activating group) is 1. The van der Waals surface area contributed by atoms with Crippen molar-refractivity contribution in [2.75, 3.05) is 32.6 Å². The van der Waals surface area contributed by atoms with Gasteiger partial charge in [-0.2, -0.15) is 0 Å². The van der Waals surface area contributed by atoms with Gasteiger partial charge in [-0.3, -0.25) is 4.79 Å². The molecule has 1 amide bonds. The molecule has 0 heterocycles. The molecule has 0 aliphatic carbocycles. The molecule has 2 aromatic carbocycles. The zero-order chi connectivity index (χ0) is 18.9. The molecule has 0 fully saturated rings. The Bertz CT molecular complexity index is 714. The first-order valence-electron chi connectivity index (χ1n) is 9.05. The molecule has 5 heteroatoms. The second-order valence-electron chi connectivity index (χ2n) is 6.33. The van der Waals surface area contributed by atoms with E-state index in [2.05, 4.69) is 12.2 Å². The molecule has 1 atom stereocenters. The van der Waals surface area contributed by atoms with Gasteiger partial charge in [0.2, 0.25) is 0 Å². The van der Waals surface area contributed by atoms with Crippen molar-refractivity contribution < 1.29 is 19.2 Å². The maximum Gasteiger partial charge on any atom is 0.279 e. The van der Waals surface area contributed by atoms with Crippen LogP contribution in [0, 0.1) is 0 Å². The Morgan fingerprint density at radius 1 is 1.04 bits per heavy atom. The highest BCUT2D eigenvalue weighted by molar-refractivity contribution is 5.91. The van der Waals surface area contributed by atoms with Crippen LogP contribution in [-0.2, 0) is 17.8 Å². The average Bonchev–Trinajstić information content (AvgIpc) is 2.63. The van der Waals surface area contributed by atoms with Crippen LogP contribution < -0.4 is 19.7 Å². The van der Waals surface area contributed by atoms with Gasteiger partial charge >= 0.3 is 0 Å². The van der Waals surface area contributed by atoms with Crippen molar-refractivity contribution in [2.24, 2.45) is 0 Å². The largest absolute Gasteiger partial charge is 0.493 e. The molecule has 0 spiro atoms. The lowest BCUT2D eigenvalue weighted by Gasteiger charge is -2.16. The molecule has 2 aromatic rings. The highest BCUT2D eigenvalue weighted by Gasteiger charge is 2.13. The van der Waals surface area contributed by atoms with Gasteiger partial charge in [0.15, 0.2) is 18.0 Å². The van der Waals surface area contributed by atoms with Crippen LogP contribution >= 0.6 is 0 Å². The zero-order valence-corrected chi connectivity index (χ0v) is 16.1. The summed E-state index contributed by atoms with van der Waals surface area (Å²) in [5.74, 6) is 1.46. The van der Waals surface area contributed by atoms with Crippen molar-refractivity contribution in [2.45, 2.75) is 26.8 Å². The number of hydrogen-bond donors (Lipinski definition) is 2. The van der Waals surface area contributed by atoms with E-state index in [0.717, 1.165) is 40.6 Å². The molecule has 5 nitrogen and oxygen atoms in total. The van der Waals surface area contributed by atoms with E-state index in [-0.39, 0.29) is 5.91 Å². The smallest absolute Gasteiger partial charge is 0.279 e. The molecule has 2 rings (SSSR count). The van der Waals surface area contributed by atoms with E-state index in [1.165, 1.54) is 5.56 Å². The van der Waals surface area contributed by atoms with Gasteiger partial charge < -0.3 is 19.7 Å². The number of aryl methyl sites for hydroxylation is 1. The molecule has 140 valence electrons. The number of anilines is 1. The average molecular weight is 357 g/mol. The molecule has 0 bridgehead atoms. The monoisotopic (exact) mass is 357 g/mol. The van der Waals surface area contributed by atoms with Crippen molar-refractivity contribution in [1.82, 2.24) is 0 Å². The molecule has 0 saturated heterocycles. The fourth-order valence-corrected chi connectivity index (χ4v) is 2.81. The normalized spacial score (nSPS) is 11.7. The van der Waals surface area contributed by atoms with Crippen LogP contribution in [0.5, 0.6) is 11.5 Å². The van der Waals surface area contributed by atoms with E-state index >= 15 is 0 Å². The molecule has 0 radical (unpaired) electrons. The van der Waals surface area contributed by atoms with Crippen LogP contribution in [0.1, 0.15) is 25.0 Å². The molecule has 26 heavy (non-hydrogen) atoms. The van der Waals surface area contributed by atoms with Gasteiger partial charge in [-0.15, -0.1) is 0 Å². The van der Waals surface area contributed by atoms with Gasteiger partial charge in [-0.1, -0.05) is 19.1 Å². The van der Waals surface area contributed by atoms with Gasteiger partial charge in [0.25, 0.3) is 5.91 Å². The standard InChI is InChI=1S/C21H28N2O3/c1-5-16-7-10-18(11-8-16)22-21(24)15-23(3)14-17-9-12-19(26-6-2)20(13-17)25-4/h7-13H,5-6,14-15H2,1-4H3,(H,22,24)/p+1. The lowest BCUT2D eigenvalue weighted by Crippen LogP contribution is -3.08. The van der Waals surface area contributed by atoms with Gasteiger partial charge in [0.05, 0.1) is 20.8 Å². The number of rotatable bonds is 9. The molecule has 0 aliphatic heterocycles. The van der Waals surface area contributed by atoms with Crippen LogP contribution in [0.3, 0.4) is 0 Å². The van der Waals surface area contributed by atoms with Crippen LogP contribution in [0.2, 0.25) is 0 Å². The third kappa shape index (κ3) is 5.77. The van der Waals surface area contributed by atoms with E-state index in [1.54, 1.807) is 7.11 Å². The Morgan fingerprint density at radius 2 is 1.73 bits per heavy atom. The summed E-state index contributed by atoms with van der Waals surface area (Å²) in [5, 5.41) is 2.95. The molecule has 2 N–H and O–H groups in total. The maximum absolute atomic E-state index is 12.3. The number of amides is 1. The van der Waals surface area contributed by atoms with Crippen molar-refractivity contribution >= 4 is 11.6 Å². The van der Waals surface area contributed by atoms with E-state index in [1.807, 2.05) is 56.4 Å². The number of nitrogens with one attached hydrogen (secondary N) is 2. The lowest BCUT2D eigenvalue weighted by molar-refractivity contribution is -0.885. The van der Waals surface area contributed by atoms with E-state index in [4.69, 9.17) is 9.47 Å². The molecular weight excluding hydrogens is 328 g/mol. The Morgan fingerprint density at radius 3 is 2.35 bits per heavy atom. The fourth-order valence-electron chi connectivity index (χ4n) is 2.81. The number of quaternary nitrogens is 1. The predicted molar refractivity (Wildman–Crippen MR) is 104 cm³/mol. The number of carbonyl (C=O) groups excluding carboxylic acids is 1. The van der Waals surface area contributed by atoms with Crippen LogP contribution in [0.15, 0.2) is 42.5 Å². The summed E-state index contributed by atoms with van der Waals surface area (Å²) >= 11 is 0. The maximum atomic E-state index is 12.3. The highest BCUT2D eigenvalue weighted by atomic mass is 16.5. The topological polar surface area (TPSA) is 52.0 Å². The van der Waals surface area contributed by atoms with Gasteiger partial charge in [-0.25, -0.2) is 0 Å². The second-order valence-corrected chi connectivity index (χ2v) is 6.33. The van der Waals surface area contributed by atoms with Gasteiger partial charge in [0, 0.05) is 11.3 Å². The number of benzene rings is 2. The third-order valence-electron chi connectivity index (χ3n) is 4.14. The van der Waals surface area contributed by atoms with Crippen LogP contribution in [0.4, 0.5) is 5.69 Å². The fraction of sp³-hybridized carbons (Fsp3) is 0.381. The van der Waals surface area contributed by atoms with E-state index in [9.17, 15) is 4.79 Å². The molecule has 0 aliphatic rings. The molecular formula is C21H29N2O3+. The van der Waals surface area contributed by atoms with Crippen molar-refractivity contribution in [3.63, 3.8) is 0 Å². The minimum Gasteiger partial charge on any atom is -0.493 e. The summed E-state index contributed by atoms with van der Waals surface area (Å²) in [5.41, 5.74) is 3.20. The lowest BCUT2D eigenvalue weighted by atomic mass is 10.1. The van der Waals surface area contributed by atoms with Crippen molar-refractivity contribution in [3.05, 3.63) is 53.6 Å². The van der Waals surface area contributed by atoms with Gasteiger partial charge in [0.1, 0.15) is 6.54 Å². The quantitative estimate of drug-likeness (QED) is 0.724. The first kappa shape index (κ1) is 19.8. The summed E-state index contributed by atoms with van der Waals surface area (Å²) in [6, 6.07) is 13.9. The van der Waals surface area contributed by atoms with Crippen LogP contribution in [0.25, 0.3) is 0 Å². The highest BCUT2D eigenvalue weighted by Crippen LogP contribution is 2.27. The van der Waals surface area contributed by atoms with Crippen molar-refractivity contribution in [3.8, 4) is 11.5 Å². The molecule has 0 aromatic heterocycles. The zero-order valence-electron chi connectivity index (χ0n) is 16.1. The van der Waals surface area contributed by atoms with E-state index in [0.29, 0.717) is 13.2 Å². The number of ether oxygens (including phenoxy) is 2. The Balaban J connectivity index is 1.90.